The fourth-order valence-electron chi connectivity index (χ4n) is 2.56. The Morgan fingerprint density at radius 2 is 2.12 bits per heavy atom. The van der Waals surface area contributed by atoms with Crippen molar-refractivity contribution < 1.29 is 0 Å². The lowest BCUT2D eigenvalue weighted by Gasteiger charge is -2.39. The second-order valence-electron chi connectivity index (χ2n) is 5.70. The van der Waals surface area contributed by atoms with Crippen LogP contribution in [-0.2, 0) is 0 Å². The summed E-state index contributed by atoms with van der Waals surface area (Å²) in [5.74, 6) is 1.01. The summed E-state index contributed by atoms with van der Waals surface area (Å²) >= 11 is 3.49. The summed E-state index contributed by atoms with van der Waals surface area (Å²) in [6, 6.07) is 4.67. The lowest BCUT2D eigenvalue weighted by molar-refractivity contribution is 0.216. The number of nitrogens with zero attached hydrogens (tertiary/aromatic N) is 1. The van der Waals surface area contributed by atoms with Crippen LogP contribution in [0.25, 0.3) is 0 Å². The molecule has 1 aliphatic rings. The average molecular weight is 297 g/mol. The summed E-state index contributed by atoms with van der Waals surface area (Å²) in [5, 5.41) is 3.61. The van der Waals surface area contributed by atoms with Crippen LogP contribution in [-0.4, -0.2) is 11.0 Å². The number of aromatic nitrogens is 1. The smallest absolute Gasteiger partial charge is 0.126 e. The third-order valence-electron chi connectivity index (χ3n) is 3.85. The van der Waals surface area contributed by atoms with E-state index < -0.39 is 0 Å². The topological polar surface area (TPSA) is 24.9 Å². The van der Waals surface area contributed by atoms with Gasteiger partial charge in [0, 0.05) is 10.5 Å². The Kier molecular flexibility index (Phi) is 3.76. The molecule has 2 nitrogen and oxygen atoms in total. The number of halogens is 1. The third-order valence-corrected chi connectivity index (χ3v) is 4.69. The highest BCUT2D eigenvalue weighted by Crippen LogP contribution is 2.37. The normalized spacial score (nSPS) is 23.4. The predicted octanol–water partition coefficient (Wildman–Crippen LogP) is 4.53. The van der Waals surface area contributed by atoms with E-state index in [1.54, 1.807) is 0 Å². The molecule has 17 heavy (non-hydrogen) atoms. The van der Waals surface area contributed by atoms with Gasteiger partial charge in [0.1, 0.15) is 5.82 Å². The van der Waals surface area contributed by atoms with Crippen LogP contribution in [0.4, 0.5) is 5.82 Å². The van der Waals surface area contributed by atoms with E-state index >= 15 is 0 Å². The van der Waals surface area contributed by atoms with Crippen molar-refractivity contribution in [1.82, 2.24) is 4.98 Å². The molecule has 1 aliphatic carbocycles. The summed E-state index contributed by atoms with van der Waals surface area (Å²) < 4.78 is 1.07. The Balaban J connectivity index is 2.11. The van der Waals surface area contributed by atoms with Gasteiger partial charge >= 0.3 is 0 Å². The van der Waals surface area contributed by atoms with Gasteiger partial charge in [-0.25, -0.2) is 4.98 Å². The molecule has 0 saturated heterocycles. The number of hydrogen-bond acceptors (Lipinski definition) is 2. The summed E-state index contributed by atoms with van der Waals surface area (Å²) in [7, 11) is 0. The van der Waals surface area contributed by atoms with Crippen LogP contribution in [0.5, 0.6) is 0 Å². The SMILES string of the molecule is Cc1nc(NC2CCCCC2(C)C)ccc1Br. The molecular formula is C14H21BrN2. The maximum Gasteiger partial charge on any atom is 0.126 e. The highest BCUT2D eigenvalue weighted by molar-refractivity contribution is 9.10. The molecule has 0 radical (unpaired) electrons. The van der Waals surface area contributed by atoms with E-state index in [1.807, 2.05) is 6.92 Å². The van der Waals surface area contributed by atoms with Gasteiger partial charge in [-0.15, -0.1) is 0 Å². The molecule has 1 saturated carbocycles. The van der Waals surface area contributed by atoms with Gasteiger partial charge in [-0.05, 0) is 53.2 Å². The molecule has 1 fully saturated rings. The molecule has 0 aliphatic heterocycles. The number of nitrogens with one attached hydrogen (secondary N) is 1. The maximum absolute atomic E-state index is 4.57. The van der Waals surface area contributed by atoms with Gasteiger partial charge in [0.05, 0.1) is 5.69 Å². The minimum atomic E-state index is 0.376. The second kappa shape index (κ2) is 4.97. The van der Waals surface area contributed by atoms with Gasteiger partial charge in [0.15, 0.2) is 0 Å². The number of hydrogen-bond donors (Lipinski definition) is 1. The van der Waals surface area contributed by atoms with E-state index in [-0.39, 0.29) is 0 Å². The van der Waals surface area contributed by atoms with Crippen LogP contribution in [0, 0.1) is 12.3 Å². The van der Waals surface area contributed by atoms with Crippen LogP contribution in [0.2, 0.25) is 0 Å². The van der Waals surface area contributed by atoms with Gasteiger partial charge in [-0.3, -0.25) is 0 Å². The minimum absolute atomic E-state index is 0.376. The molecule has 94 valence electrons. The van der Waals surface area contributed by atoms with E-state index in [9.17, 15) is 0 Å². The first-order valence-electron chi connectivity index (χ1n) is 6.39. The number of pyridine rings is 1. The van der Waals surface area contributed by atoms with Gasteiger partial charge < -0.3 is 5.32 Å². The van der Waals surface area contributed by atoms with Crippen LogP contribution in [0.15, 0.2) is 16.6 Å². The highest BCUT2D eigenvalue weighted by Gasteiger charge is 2.32. The van der Waals surface area contributed by atoms with Crippen molar-refractivity contribution in [3.8, 4) is 0 Å². The summed E-state index contributed by atoms with van der Waals surface area (Å²) in [6.45, 7) is 6.74. The van der Waals surface area contributed by atoms with Gasteiger partial charge in [-0.2, -0.15) is 0 Å². The molecule has 2 rings (SSSR count). The maximum atomic E-state index is 4.57. The van der Waals surface area contributed by atoms with E-state index in [2.05, 4.69) is 52.2 Å². The summed E-state index contributed by atoms with van der Waals surface area (Å²) in [6.07, 6.45) is 5.25. The zero-order valence-electron chi connectivity index (χ0n) is 10.9. The van der Waals surface area contributed by atoms with Gasteiger partial charge in [0.2, 0.25) is 0 Å². The van der Waals surface area contributed by atoms with Crippen LogP contribution in [0.3, 0.4) is 0 Å². The zero-order valence-corrected chi connectivity index (χ0v) is 12.5. The average Bonchev–Trinajstić information content (AvgIpc) is 2.26. The Morgan fingerprint density at radius 1 is 1.35 bits per heavy atom. The summed E-state index contributed by atoms with van der Waals surface area (Å²) in [4.78, 5) is 4.57. The quantitative estimate of drug-likeness (QED) is 0.867. The molecule has 0 aromatic carbocycles. The van der Waals surface area contributed by atoms with E-state index in [4.69, 9.17) is 0 Å². The molecule has 3 heteroatoms. The fraction of sp³-hybridized carbons (Fsp3) is 0.643. The Hall–Kier alpha value is -0.570. The number of anilines is 1. The van der Waals surface area contributed by atoms with Crippen molar-refractivity contribution in [2.75, 3.05) is 5.32 Å². The Bertz CT molecular complexity index is 401. The van der Waals surface area contributed by atoms with Gasteiger partial charge in [0.25, 0.3) is 0 Å². The molecule has 0 amide bonds. The molecule has 1 unspecified atom stereocenters. The van der Waals surface area contributed by atoms with E-state index in [0.29, 0.717) is 11.5 Å². The summed E-state index contributed by atoms with van der Waals surface area (Å²) in [5.41, 5.74) is 1.42. The molecule has 1 heterocycles. The van der Waals surface area contributed by atoms with Crippen LogP contribution in [0.1, 0.15) is 45.2 Å². The first-order chi connectivity index (χ1) is 7.99. The standard InChI is InChI=1S/C14H21BrN2/c1-10-11(15)7-8-13(16-10)17-12-6-4-5-9-14(12,2)3/h7-8,12H,4-6,9H2,1-3H3,(H,16,17). The first kappa shape index (κ1) is 12.9. The molecule has 1 N–H and O–H groups in total. The molecular weight excluding hydrogens is 276 g/mol. The predicted molar refractivity (Wildman–Crippen MR) is 76.3 cm³/mol. The highest BCUT2D eigenvalue weighted by atomic mass is 79.9. The van der Waals surface area contributed by atoms with Crippen LogP contribution < -0.4 is 5.32 Å². The van der Waals surface area contributed by atoms with Gasteiger partial charge in [-0.1, -0.05) is 26.7 Å². The van der Waals surface area contributed by atoms with E-state index in [1.165, 1.54) is 25.7 Å². The van der Waals surface area contributed by atoms with Crippen molar-refractivity contribution in [1.29, 1.82) is 0 Å². The largest absolute Gasteiger partial charge is 0.367 e. The minimum Gasteiger partial charge on any atom is -0.367 e. The Morgan fingerprint density at radius 3 is 2.76 bits per heavy atom. The molecule has 0 spiro atoms. The van der Waals surface area contributed by atoms with Crippen molar-refractivity contribution in [3.63, 3.8) is 0 Å². The number of rotatable bonds is 2. The second-order valence-corrected chi connectivity index (χ2v) is 6.55. The molecule has 1 atom stereocenters. The lowest BCUT2D eigenvalue weighted by atomic mass is 9.73. The fourth-order valence-corrected chi connectivity index (χ4v) is 2.79. The number of aryl methyl sites for hydroxylation is 1. The van der Waals surface area contributed by atoms with E-state index in [0.717, 1.165) is 16.0 Å². The monoisotopic (exact) mass is 296 g/mol. The van der Waals surface area contributed by atoms with Crippen molar-refractivity contribution in [2.45, 2.75) is 52.5 Å². The Labute approximate surface area is 112 Å². The first-order valence-corrected chi connectivity index (χ1v) is 7.18. The van der Waals surface area contributed by atoms with Crippen LogP contribution >= 0.6 is 15.9 Å². The molecule has 0 bridgehead atoms. The van der Waals surface area contributed by atoms with Crippen molar-refractivity contribution >= 4 is 21.7 Å². The molecule has 1 aromatic rings. The molecule has 1 aromatic heterocycles. The zero-order chi connectivity index (χ0) is 12.5. The third kappa shape index (κ3) is 3.01. The van der Waals surface area contributed by atoms with Crippen molar-refractivity contribution in [3.05, 3.63) is 22.3 Å². The lowest BCUT2D eigenvalue weighted by Crippen LogP contribution is -2.39. The van der Waals surface area contributed by atoms with Crippen molar-refractivity contribution in [2.24, 2.45) is 5.41 Å².